The van der Waals surface area contributed by atoms with Crippen molar-refractivity contribution in [2.45, 2.75) is 52.1 Å². The van der Waals surface area contributed by atoms with Crippen molar-refractivity contribution in [1.82, 2.24) is 10.2 Å². The first-order valence-electron chi connectivity index (χ1n) is 7.28. The van der Waals surface area contributed by atoms with Crippen LogP contribution < -0.4 is 0 Å². The van der Waals surface area contributed by atoms with Crippen molar-refractivity contribution in [3.05, 3.63) is 23.0 Å². The lowest BCUT2D eigenvalue weighted by Gasteiger charge is -2.32. The van der Waals surface area contributed by atoms with E-state index in [0.29, 0.717) is 5.56 Å². The van der Waals surface area contributed by atoms with Crippen LogP contribution >= 0.6 is 0 Å². The first-order chi connectivity index (χ1) is 9.45. The molecule has 1 N–H and O–H groups in total. The number of nitrogens with one attached hydrogen (secondary N) is 1. The number of rotatable bonds is 2. The van der Waals surface area contributed by atoms with Crippen LogP contribution in [0.25, 0.3) is 5.57 Å². The second-order valence-electron chi connectivity index (χ2n) is 6.97. The smallest absolute Gasteiger partial charge is 0.154 e. The van der Waals surface area contributed by atoms with E-state index in [9.17, 15) is 4.79 Å². The minimum absolute atomic E-state index is 0.0136. The minimum atomic E-state index is 0.0136. The Morgan fingerprint density at radius 1 is 1.45 bits per heavy atom. The quantitative estimate of drug-likeness (QED) is 0.842. The van der Waals surface area contributed by atoms with Crippen molar-refractivity contribution in [3.8, 4) is 0 Å². The Morgan fingerprint density at radius 2 is 2.25 bits per heavy atom. The molecule has 0 bridgehead atoms. The van der Waals surface area contributed by atoms with Gasteiger partial charge in [-0.05, 0) is 43.6 Å². The van der Waals surface area contributed by atoms with Crippen molar-refractivity contribution in [2.75, 3.05) is 6.61 Å². The van der Waals surface area contributed by atoms with Gasteiger partial charge in [0.1, 0.15) is 0 Å². The van der Waals surface area contributed by atoms with Gasteiger partial charge in [0.05, 0.1) is 23.5 Å². The van der Waals surface area contributed by atoms with Gasteiger partial charge in [-0.1, -0.05) is 19.9 Å². The van der Waals surface area contributed by atoms with Gasteiger partial charge in [-0.15, -0.1) is 0 Å². The lowest BCUT2D eigenvalue weighted by Crippen LogP contribution is -2.30. The average molecular weight is 274 g/mol. The summed E-state index contributed by atoms with van der Waals surface area (Å²) >= 11 is 0. The van der Waals surface area contributed by atoms with E-state index in [-0.39, 0.29) is 11.0 Å². The Morgan fingerprint density at radius 3 is 2.80 bits per heavy atom. The molecule has 3 rings (SSSR count). The Hall–Kier alpha value is -1.42. The van der Waals surface area contributed by atoms with Gasteiger partial charge < -0.3 is 4.74 Å². The maximum absolute atomic E-state index is 11.2. The molecule has 1 saturated heterocycles. The number of carbonyl (C=O) groups is 1. The molecule has 1 unspecified atom stereocenters. The zero-order valence-corrected chi connectivity index (χ0v) is 12.5. The highest BCUT2D eigenvalue weighted by Crippen LogP contribution is 2.47. The number of hydrogen-bond donors (Lipinski definition) is 1. The normalized spacial score (nSPS) is 28.6. The predicted molar refractivity (Wildman–Crippen MR) is 77.6 cm³/mol. The van der Waals surface area contributed by atoms with E-state index in [1.165, 1.54) is 5.57 Å². The number of carbonyl (C=O) groups excluding carboxylic acids is 1. The predicted octanol–water partition coefficient (Wildman–Crippen LogP) is 3.28. The molecule has 1 aliphatic carbocycles. The lowest BCUT2D eigenvalue weighted by molar-refractivity contribution is -0.00367. The summed E-state index contributed by atoms with van der Waals surface area (Å²) in [4.78, 5) is 11.2. The van der Waals surface area contributed by atoms with Gasteiger partial charge in [0.25, 0.3) is 0 Å². The number of nitrogens with zero attached hydrogens (tertiary/aromatic N) is 1. The highest BCUT2D eigenvalue weighted by Gasteiger charge is 2.45. The van der Waals surface area contributed by atoms with Gasteiger partial charge >= 0.3 is 0 Å². The van der Waals surface area contributed by atoms with E-state index in [2.05, 4.69) is 30.1 Å². The third kappa shape index (κ3) is 2.22. The molecule has 1 fully saturated rings. The molecule has 2 heterocycles. The third-order valence-corrected chi connectivity index (χ3v) is 4.56. The van der Waals surface area contributed by atoms with Crippen LogP contribution in [0.15, 0.2) is 6.08 Å². The topological polar surface area (TPSA) is 55.0 Å². The van der Waals surface area contributed by atoms with Gasteiger partial charge in [0.2, 0.25) is 0 Å². The number of H-pyrrole nitrogens is 1. The monoisotopic (exact) mass is 274 g/mol. The highest BCUT2D eigenvalue weighted by molar-refractivity contribution is 5.85. The molecule has 0 saturated carbocycles. The third-order valence-electron chi connectivity index (χ3n) is 4.56. The summed E-state index contributed by atoms with van der Waals surface area (Å²) < 4.78 is 6.10. The number of aromatic amines is 1. The summed E-state index contributed by atoms with van der Waals surface area (Å²) in [5.41, 5.74) is 3.83. The van der Waals surface area contributed by atoms with Crippen LogP contribution in [0.3, 0.4) is 0 Å². The number of aldehydes is 1. The largest absolute Gasteiger partial charge is 0.374 e. The summed E-state index contributed by atoms with van der Waals surface area (Å²) in [5, 5.41) is 7.19. The van der Waals surface area contributed by atoms with Gasteiger partial charge in [0, 0.05) is 5.69 Å². The van der Waals surface area contributed by atoms with Crippen LogP contribution in [0, 0.1) is 12.3 Å². The number of aromatic nitrogens is 2. The van der Waals surface area contributed by atoms with Crippen molar-refractivity contribution >= 4 is 11.9 Å². The van der Waals surface area contributed by atoms with E-state index < -0.39 is 0 Å². The first kappa shape index (κ1) is 13.6. The van der Waals surface area contributed by atoms with E-state index >= 15 is 0 Å². The second-order valence-corrected chi connectivity index (χ2v) is 6.97. The second kappa shape index (κ2) is 4.55. The van der Waals surface area contributed by atoms with Crippen LogP contribution in [0.2, 0.25) is 0 Å². The molecule has 1 aromatic rings. The first-order valence-corrected chi connectivity index (χ1v) is 7.28. The molecule has 2 aliphatic rings. The van der Waals surface area contributed by atoms with Crippen molar-refractivity contribution < 1.29 is 9.53 Å². The fourth-order valence-corrected chi connectivity index (χ4v) is 3.53. The maximum atomic E-state index is 11.2. The van der Waals surface area contributed by atoms with Crippen molar-refractivity contribution in [1.29, 1.82) is 0 Å². The van der Waals surface area contributed by atoms with Gasteiger partial charge in [-0.25, -0.2) is 0 Å². The summed E-state index contributed by atoms with van der Waals surface area (Å²) in [5.74, 6) is 0. The SMILES string of the molecule is Cc1[nH]nc(C2=CCC3(CC2)CC(C)(C)CO3)c1C=O. The Balaban J connectivity index is 1.82. The average Bonchev–Trinajstić information content (AvgIpc) is 2.91. The van der Waals surface area contributed by atoms with Crippen molar-refractivity contribution in [3.63, 3.8) is 0 Å². The van der Waals surface area contributed by atoms with E-state index in [4.69, 9.17) is 4.74 Å². The molecule has 1 atom stereocenters. The minimum Gasteiger partial charge on any atom is -0.374 e. The molecule has 4 heteroatoms. The molecule has 0 aromatic carbocycles. The van der Waals surface area contributed by atoms with Crippen LogP contribution in [-0.2, 0) is 4.74 Å². The molecule has 1 aliphatic heterocycles. The molecular weight excluding hydrogens is 252 g/mol. The zero-order valence-electron chi connectivity index (χ0n) is 12.5. The zero-order chi connectivity index (χ0) is 14.4. The van der Waals surface area contributed by atoms with Crippen LogP contribution in [-0.4, -0.2) is 28.7 Å². The summed E-state index contributed by atoms with van der Waals surface area (Å²) in [6, 6.07) is 0. The fraction of sp³-hybridized carbons (Fsp3) is 0.625. The fourth-order valence-electron chi connectivity index (χ4n) is 3.53. The maximum Gasteiger partial charge on any atom is 0.154 e. The highest BCUT2D eigenvalue weighted by atomic mass is 16.5. The van der Waals surface area contributed by atoms with E-state index in [1.807, 2.05) is 6.92 Å². The number of aryl methyl sites for hydroxylation is 1. The Bertz CT molecular complexity index is 571. The summed E-state index contributed by atoms with van der Waals surface area (Å²) in [6.07, 6.45) is 7.11. The number of allylic oxidation sites excluding steroid dienone is 1. The van der Waals surface area contributed by atoms with Crippen LogP contribution in [0.1, 0.15) is 61.3 Å². The molecule has 1 spiro atoms. The molecule has 0 radical (unpaired) electrons. The standard InChI is InChI=1S/C16H22N2O2/c1-11-13(8-19)14(18-17-11)12-4-6-16(7-5-12)9-15(2,3)10-20-16/h4,8H,5-7,9-10H2,1-3H3,(H,17,18). The van der Waals surface area contributed by atoms with Gasteiger partial charge in [-0.2, -0.15) is 5.10 Å². The van der Waals surface area contributed by atoms with Gasteiger partial charge in [-0.3, -0.25) is 9.89 Å². The molecule has 20 heavy (non-hydrogen) atoms. The van der Waals surface area contributed by atoms with E-state index in [1.54, 1.807) is 0 Å². The molecule has 4 nitrogen and oxygen atoms in total. The lowest BCUT2D eigenvalue weighted by atomic mass is 9.76. The van der Waals surface area contributed by atoms with Crippen molar-refractivity contribution in [2.24, 2.45) is 5.41 Å². The van der Waals surface area contributed by atoms with Crippen LogP contribution in [0.4, 0.5) is 0 Å². The molecular formula is C16H22N2O2. The molecule has 108 valence electrons. The Labute approximate surface area is 119 Å². The number of hydrogen-bond acceptors (Lipinski definition) is 3. The van der Waals surface area contributed by atoms with E-state index in [0.717, 1.165) is 50.0 Å². The molecule has 0 amide bonds. The van der Waals surface area contributed by atoms with Gasteiger partial charge in [0.15, 0.2) is 6.29 Å². The Kier molecular flexibility index (Phi) is 3.09. The van der Waals surface area contributed by atoms with Crippen LogP contribution in [0.5, 0.6) is 0 Å². The summed E-state index contributed by atoms with van der Waals surface area (Å²) in [7, 11) is 0. The number of ether oxygens (including phenoxy) is 1. The summed E-state index contributed by atoms with van der Waals surface area (Å²) in [6.45, 7) is 7.26. The molecule has 1 aromatic heterocycles.